The summed E-state index contributed by atoms with van der Waals surface area (Å²) in [6.45, 7) is 0. The predicted octanol–water partition coefficient (Wildman–Crippen LogP) is 5.69. The molecule has 4 aromatic carbocycles. The van der Waals surface area contributed by atoms with E-state index in [2.05, 4.69) is 5.32 Å². The zero-order valence-corrected chi connectivity index (χ0v) is 23.1. The van der Waals surface area contributed by atoms with Gasteiger partial charge < -0.3 is 19.7 Å². The van der Waals surface area contributed by atoms with Crippen molar-refractivity contribution in [3.05, 3.63) is 131 Å². The minimum atomic E-state index is -1.39. The van der Waals surface area contributed by atoms with Crippen LogP contribution in [0.4, 0.5) is 5.69 Å². The van der Waals surface area contributed by atoms with E-state index in [1.165, 1.54) is 14.2 Å². The average molecular weight is 557 g/mol. The Morgan fingerprint density at radius 3 is 2.36 bits per heavy atom. The first-order valence-electron chi connectivity index (χ1n) is 13.8. The van der Waals surface area contributed by atoms with Crippen molar-refractivity contribution < 1.29 is 23.9 Å². The van der Waals surface area contributed by atoms with E-state index < -0.39 is 23.4 Å². The lowest BCUT2D eigenvalue weighted by Gasteiger charge is -2.38. The number of amides is 1. The number of carbonyl (C=O) groups is 3. The van der Waals surface area contributed by atoms with E-state index in [0.717, 1.165) is 11.1 Å². The molecular weight excluding hydrogens is 528 g/mol. The van der Waals surface area contributed by atoms with Gasteiger partial charge in [-0.2, -0.15) is 0 Å². The molecule has 0 bridgehead atoms. The number of carbonyl (C=O) groups excluding carboxylic acids is 3. The van der Waals surface area contributed by atoms with Gasteiger partial charge in [-0.05, 0) is 47.0 Å². The number of ketones is 2. The fraction of sp³-hybridized carbons (Fsp3) is 0.171. The molecular formula is C35H28N2O5. The number of benzene rings is 4. The Bertz CT molecular complexity index is 1780. The molecule has 0 saturated carbocycles. The maximum atomic E-state index is 14.9. The van der Waals surface area contributed by atoms with E-state index in [1.54, 1.807) is 42.5 Å². The number of para-hydroxylation sites is 1. The Morgan fingerprint density at radius 2 is 1.57 bits per heavy atom. The summed E-state index contributed by atoms with van der Waals surface area (Å²) in [7, 11) is 3.03. The summed E-state index contributed by atoms with van der Waals surface area (Å²) in [5.41, 5.74) is 2.49. The molecule has 7 heteroatoms. The maximum Gasteiger partial charge on any atom is 0.238 e. The molecule has 0 unspecified atom stereocenters. The van der Waals surface area contributed by atoms with Crippen LogP contribution in [0.1, 0.15) is 43.4 Å². The van der Waals surface area contributed by atoms with Crippen molar-refractivity contribution in [1.82, 2.24) is 4.90 Å². The molecule has 1 saturated heterocycles. The molecule has 4 atom stereocenters. The van der Waals surface area contributed by atoms with Crippen LogP contribution in [0.5, 0.6) is 11.5 Å². The van der Waals surface area contributed by atoms with Gasteiger partial charge in [-0.1, -0.05) is 72.8 Å². The van der Waals surface area contributed by atoms with E-state index in [9.17, 15) is 14.4 Å². The van der Waals surface area contributed by atoms with Crippen molar-refractivity contribution in [2.45, 2.75) is 17.5 Å². The van der Waals surface area contributed by atoms with Gasteiger partial charge in [-0.25, -0.2) is 0 Å². The highest BCUT2D eigenvalue weighted by Crippen LogP contribution is 2.62. The largest absolute Gasteiger partial charge is 0.497 e. The lowest BCUT2D eigenvalue weighted by atomic mass is 9.62. The Labute approximate surface area is 243 Å². The van der Waals surface area contributed by atoms with Gasteiger partial charge in [0.2, 0.25) is 5.91 Å². The molecule has 4 aromatic rings. The number of anilines is 1. The van der Waals surface area contributed by atoms with Gasteiger partial charge in [0, 0.05) is 17.5 Å². The van der Waals surface area contributed by atoms with Gasteiger partial charge in [-0.15, -0.1) is 0 Å². The van der Waals surface area contributed by atoms with E-state index in [-0.39, 0.29) is 23.0 Å². The third-order valence-corrected chi connectivity index (χ3v) is 8.85. The normalized spacial score (nSPS) is 23.1. The Kier molecular flexibility index (Phi) is 5.97. The number of rotatable bonds is 6. The molecule has 1 fully saturated rings. The van der Waals surface area contributed by atoms with Crippen LogP contribution in [-0.4, -0.2) is 42.6 Å². The molecule has 0 aliphatic carbocycles. The number of Topliss-reactive ketones (excluding diaryl/α,β-unsaturated/α-hetero) is 2. The predicted molar refractivity (Wildman–Crippen MR) is 159 cm³/mol. The smallest absolute Gasteiger partial charge is 0.238 e. The van der Waals surface area contributed by atoms with Gasteiger partial charge in [-0.3, -0.25) is 14.4 Å². The highest BCUT2D eigenvalue weighted by atomic mass is 16.5. The molecule has 3 heterocycles. The number of ether oxygens (including phenoxy) is 2. The average Bonchev–Trinajstić information content (AvgIpc) is 3.52. The summed E-state index contributed by atoms with van der Waals surface area (Å²) >= 11 is 0. The Morgan fingerprint density at radius 1 is 0.833 bits per heavy atom. The van der Waals surface area contributed by atoms with Crippen LogP contribution in [0.15, 0.2) is 103 Å². The van der Waals surface area contributed by atoms with Crippen LogP contribution in [0.3, 0.4) is 0 Å². The number of nitrogens with one attached hydrogen (secondary N) is 1. The molecule has 0 aromatic heterocycles. The van der Waals surface area contributed by atoms with E-state index >= 15 is 0 Å². The van der Waals surface area contributed by atoms with Gasteiger partial charge in [0.25, 0.3) is 0 Å². The second kappa shape index (κ2) is 9.73. The van der Waals surface area contributed by atoms with Crippen LogP contribution in [0.2, 0.25) is 0 Å². The molecule has 3 aliphatic heterocycles. The van der Waals surface area contributed by atoms with Crippen molar-refractivity contribution in [3.8, 4) is 11.5 Å². The lowest BCUT2D eigenvalue weighted by Crippen LogP contribution is -2.49. The van der Waals surface area contributed by atoms with E-state index in [4.69, 9.17) is 9.47 Å². The summed E-state index contributed by atoms with van der Waals surface area (Å²) < 4.78 is 11.1. The molecule has 7 nitrogen and oxygen atoms in total. The summed E-state index contributed by atoms with van der Waals surface area (Å²) in [4.78, 5) is 46.1. The number of hydrogen-bond donors (Lipinski definition) is 1. The zero-order chi connectivity index (χ0) is 29.0. The van der Waals surface area contributed by atoms with Crippen molar-refractivity contribution in [2.24, 2.45) is 5.92 Å². The maximum absolute atomic E-state index is 14.9. The number of hydrogen-bond acceptors (Lipinski definition) is 6. The van der Waals surface area contributed by atoms with Crippen molar-refractivity contribution in [1.29, 1.82) is 0 Å². The third-order valence-electron chi connectivity index (χ3n) is 8.85. The van der Waals surface area contributed by atoms with Gasteiger partial charge in [0.05, 0.1) is 31.7 Å². The summed E-state index contributed by atoms with van der Waals surface area (Å²) in [6, 6.07) is 27.6. The monoisotopic (exact) mass is 556 g/mol. The first kappa shape index (κ1) is 25.8. The highest BCUT2D eigenvalue weighted by molar-refractivity contribution is 6.17. The number of fused-ring (bicyclic) bond motifs is 6. The second-order valence-electron chi connectivity index (χ2n) is 10.7. The summed E-state index contributed by atoms with van der Waals surface area (Å²) in [6.07, 6.45) is 3.80. The molecule has 1 spiro atoms. The molecule has 7 rings (SSSR count). The second-order valence-corrected chi connectivity index (χ2v) is 10.7. The number of nitrogens with zero attached hydrogens (tertiary/aromatic N) is 1. The SMILES string of the molecule is COc1ccc(OC)c(C(=O)[C@H]2[C@H](C(=O)c3ccccc3)[C@]3(C(=O)Nc4ccccc43)[C@H]3c4ccccc4C=CN23)c1. The minimum Gasteiger partial charge on any atom is -0.497 e. The summed E-state index contributed by atoms with van der Waals surface area (Å²) in [5.74, 6) is -1.12. The summed E-state index contributed by atoms with van der Waals surface area (Å²) in [5, 5.41) is 3.07. The van der Waals surface area contributed by atoms with E-state index in [0.29, 0.717) is 28.3 Å². The standard InChI is InChI=1S/C35H28N2O5/c1-41-23-16-17-28(42-2)25(20-23)32(39)30-29(31(38)22-11-4-3-5-12-22)35(26-14-8-9-15-27(26)36-34(35)40)33-24-13-7-6-10-21(24)18-19-37(30)33/h3-20,29-30,33H,1-2H3,(H,36,40)/t29-,30-,33-,35+/m1/s1. The van der Waals surface area contributed by atoms with Crippen molar-refractivity contribution in [2.75, 3.05) is 19.5 Å². The van der Waals surface area contributed by atoms with Crippen LogP contribution in [-0.2, 0) is 10.2 Å². The first-order chi connectivity index (χ1) is 20.5. The molecule has 1 N–H and O–H groups in total. The lowest BCUT2D eigenvalue weighted by molar-refractivity contribution is -0.122. The van der Waals surface area contributed by atoms with Gasteiger partial charge in [0.15, 0.2) is 11.6 Å². The fourth-order valence-corrected chi connectivity index (χ4v) is 7.12. The molecule has 0 radical (unpaired) electrons. The van der Waals surface area contributed by atoms with Crippen LogP contribution in [0.25, 0.3) is 6.08 Å². The van der Waals surface area contributed by atoms with E-state index in [1.807, 2.05) is 71.8 Å². The molecule has 3 aliphatic rings. The van der Waals surface area contributed by atoms with Gasteiger partial charge >= 0.3 is 0 Å². The quantitative estimate of drug-likeness (QED) is 0.308. The Hall–Kier alpha value is -5.17. The molecule has 208 valence electrons. The Balaban J connectivity index is 1.54. The van der Waals surface area contributed by atoms with Gasteiger partial charge in [0.1, 0.15) is 23.0 Å². The number of methoxy groups -OCH3 is 2. The molecule has 42 heavy (non-hydrogen) atoms. The zero-order valence-electron chi connectivity index (χ0n) is 23.1. The van der Waals surface area contributed by atoms with Crippen LogP contribution < -0.4 is 14.8 Å². The molecule has 1 amide bonds. The highest BCUT2D eigenvalue weighted by Gasteiger charge is 2.70. The minimum absolute atomic E-state index is 0.275. The van der Waals surface area contributed by atoms with Crippen LogP contribution in [0, 0.1) is 5.92 Å². The van der Waals surface area contributed by atoms with Crippen molar-refractivity contribution >= 4 is 29.2 Å². The van der Waals surface area contributed by atoms with Crippen molar-refractivity contribution in [3.63, 3.8) is 0 Å². The fourth-order valence-electron chi connectivity index (χ4n) is 7.12. The topological polar surface area (TPSA) is 84.9 Å². The first-order valence-corrected chi connectivity index (χ1v) is 13.8. The van der Waals surface area contributed by atoms with Crippen LogP contribution >= 0.6 is 0 Å². The third kappa shape index (κ3) is 3.49.